The smallest absolute Gasteiger partial charge is 0.284 e. The van der Waals surface area contributed by atoms with Crippen LogP contribution in [0.15, 0.2) is 35.1 Å². The summed E-state index contributed by atoms with van der Waals surface area (Å²) in [4.78, 5) is 15.8. The molecule has 22 heavy (non-hydrogen) atoms. The summed E-state index contributed by atoms with van der Waals surface area (Å²) in [6.07, 6.45) is -4.71. The summed E-state index contributed by atoms with van der Waals surface area (Å²) in [5.74, 6) is -0.571. The summed E-state index contributed by atoms with van der Waals surface area (Å²) in [5, 5.41) is 2.04. The maximum Gasteiger partial charge on any atom is 0.433 e. The van der Waals surface area contributed by atoms with Gasteiger partial charge in [0.2, 0.25) is 0 Å². The van der Waals surface area contributed by atoms with Gasteiger partial charge in [0.15, 0.2) is 5.65 Å². The van der Waals surface area contributed by atoms with Crippen molar-refractivity contribution in [2.75, 3.05) is 0 Å². The average Bonchev–Trinajstić information content (AvgIpc) is 2.79. The van der Waals surface area contributed by atoms with Gasteiger partial charge < -0.3 is 0 Å². The van der Waals surface area contributed by atoms with Crippen molar-refractivity contribution in [1.29, 1.82) is 0 Å². The molecule has 0 saturated carbocycles. The molecule has 0 spiro atoms. The van der Waals surface area contributed by atoms with Gasteiger partial charge in [0.25, 0.3) is 5.56 Å². The number of nitrogens with one attached hydrogen (secondary N) is 1. The van der Waals surface area contributed by atoms with E-state index in [1.54, 1.807) is 0 Å². The lowest BCUT2D eigenvalue weighted by atomic mass is 10.1. The maximum absolute atomic E-state index is 13.2. The fourth-order valence-electron chi connectivity index (χ4n) is 2.25. The van der Waals surface area contributed by atoms with Crippen LogP contribution in [-0.2, 0) is 6.18 Å². The predicted octanol–water partition coefficient (Wildman–Crippen LogP) is 3.16. The Bertz CT molecular complexity index is 907. The molecule has 1 aromatic carbocycles. The van der Waals surface area contributed by atoms with Gasteiger partial charge in [-0.25, -0.2) is 13.9 Å². The number of benzene rings is 1. The second-order valence-corrected chi connectivity index (χ2v) is 4.76. The van der Waals surface area contributed by atoms with Crippen molar-refractivity contribution in [2.24, 2.45) is 0 Å². The summed E-state index contributed by atoms with van der Waals surface area (Å²) in [6, 6.07) is 5.64. The van der Waals surface area contributed by atoms with E-state index in [2.05, 4.69) is 4.98 Å². The van der Waals surface area contributed by atoms with Crippen LogP contribution < -0.4 is 5.56 Å². The molecule has 3 aromatic rings. The lowest BCUT2D eigenvalue weighted by Crippen LogP contribution is -2.15. The Morgan fingerprint density at radius 3 is 2.41 bits per heavy atom. The molecule has 0 saturated heterocycles. The molecule has 1 N–H and O–H groups in total. The number of aromatic amines is 1. The van der Waals surface area contributed by atoms with Crippen molar-refractivity contribution >= 4 is 5.65 Å². The summed E-state index contributed by atoms with van der Waals surface area (Å²) in [5.41, 5.74) is -1.78. The normalized spacial score (nSPS) is 12.0. The largest absolute Gasteiger partial charge is 0.433 e. The van der Waals surface area contributed by atoms with Crippen LogP contribution in [0, 0.1) is 12.7 Å². The third kappa shape index (κ3) is 2.26. The first-order valence-electron chi connectivity index (χ1n) is 6.23. The average molecular weight is 311 g/mol. The summed E-state index contributed by atoms with van der Waals surface area (Å²) in [6.45, 7) is 1.51. The quantitative estimate of drug-likeness (QED) is 0.702. The number of aryl methyl sites for hydroxylation is 1. The Hall–Kier alpha value is -2.64. The van der Waals surface area contributed by atoms with Gasteiger partial charge >= 0.3 is 6.18 Å². The molecule has 0 fully saturated rings. The second kappa shape index (κ2) is 4.69. The van der Waals surface area contributed by atoms with Gasteiger partial charge in [0, 0.05) is 11.8 Å². The van der Waals surface area contributed by atoms with Crippen molar-refractivity contribution in [3.05, 3.63) is 57.9 Å². The SMILES string of the molecule is Cc1cc(=O)n2[nH]c(C(F)(F)F)c(-c3ccc(F)cc3)c2n1. The van der Waals surface area contributed by atoms with Crippen LogP contribution in [0.25, 0.3) is 16.8 Å². The fourth-order valence-corrected chi connectivity index (χ4v) is 2.25. The van der Waals surface area contributed by atoms with E-state index in [0.717, 1.165) is 22.7 Å². The van der Waals surface area contributed by atoms with Gasteiger partial charge in [-0.15, -0.1) is 0 Å². The zero-order chi connectivity index (χ0) is 16.1. The number of hydrogen-bond donors (Lipinski definition) is 1. The third-order valence-corrected chi connectivity index (χ3v) is 3.16. The lowest BCUT2D eigenvalue weighted by molar-refractivity contribution is -0.140. The van der Waals surface area contributed by atoms with E-state index in [4.69, 9.17) is 0 Å². The van der Waals surface area contributed by atoms with Crippen molar-refractivity contribution in [1.82, 2.24) is 14.6 Å². The molecule has 2 heterocycles. The van der Waals surface area contributed by atoms with Crippen LogP contribution in [0.5, 0.6) is 0 Å². The highest BCUT2D eigenvalue weighted by molar-refractivity contribution is 5.80. The van der Waals surface area contributed by atoms with Crippen molar-refractivity contribution < 1.29 is 17.6 Å². The highest BCUT2D eigenvalue weighted by Gasteiger charge is 2.38. The molecule has 2 aromatic heterocycles. The van der Waals surface area contributed by atoms with Gasteiger partial charge in [-0.3, -0.25) is 9.89 Å². The molecular formula is C14H9F4N3O. The van der Waals surface area contributed by atoms with Crippen LogP contribution in [0.4, 0.5) is 17.6 Å². The number of H-pyrrole nitrogens is 1. The Morgan fingerprint density at radius 1 is 1.18 bits per heavy atom. The summed E-state index contributed by atoms with van der Waals surface area (Å²) < 4.78 is 53.4. The first-order chi connectivity index (χ1) is 10.3. The summed E-state index contributed by atoms with van der Waals surface area (Å²) in [7, 11) is 0. The zero-order valence-electron chi connectivity index (χ0n) is 11.2. The molecule has 8 heteroatoms. The lowest BCUT2D eigenvalue weighted by Gasteiger charge is -2.07. The highest BCUT2D eigenvalue weighted by atomic mass is 19.4. The monoisotopic (exact) mass is 311 g/mol. The molecule has 3 rings (SSSR count). The second-order valence-electron chi connectivity index (χ2n) is 4.76. The van der Waals surface area contributed by atoms with Crippen LogP contribution in [0.1, 0.15) is 11.4 Å². The van der Waals surface area contributed by atoms with Gasteiger partial charge in [-0.1, -0.05) is 12.1 Å². The van der Waals surface area contributed by atoms with E-state index in [0.29, 0.717) is 5.69 Å². The Morgan fingerprint density at radius 2 is 1.82 bits per heavy atom. The topological polar surface area (TPSA) is 50.2 Å². The number of halogens is 4. The Labute approximate surface area is 121 Å². The molecule has 0 aliphatic rings. The zero-order valence-corrected chi connectivity index (χ0v) is 11.2. The fraction of sp³-hybridized carbons (Fsp3) is 0.143. The molecule has 0 unspecified atom stereocenters. The van der Waals surface area contributed by atoms with Crippen LogP contribution in [0.2, 0.25) is 0 Å². The summed E-state index contributed by atoms with van der Waals surface area (Å²) >= 11 is 0. The Balaban J connectivity index is 2.44. The molecule has 0 radical (unpaired) electrons. The first kappa shape index (κ1) is 14.3. The van der Waals surface area contributed by atoms with Crippen LogP contribution in [-0.4, -0.2) is 14.6 Å². The van der Waals surface area contributed by atoms with E-state index < -0.39 is 23.2 Å². The number of alkyl halides is 3. The van der Waals surface area contributed by atoms with E-state index >= 15 is 0 Å². The number of aromatic nitrogens is 3. The molecule has 114 valence electrons. The number of hydrogen-bond acceptors (Lipinski definition) is 2. The molecule has 4 nitrogen and oxygen atoms in total. The minimum atomic E-state index is -4.71. The van der Waals surface area contributed by atoms with E-state index in [9.17, 15) is 22.4 Å². The van der Waals surface area contributed by atoms with Crippen LogP contribution in [0.3, 0.4) is 0 Å². The minimum absolute atomic E-state index is 0.116. The number of fused-ring (bicyclic) bond motifs is 1. The van der Waals surface area contributed by atoms with Gasteiger partial charge in [-0.2, -0.15) is 13.2 Å². The van der Waals surface area contributed by atoms with Gasteiger partial charge in [0.05, 0.1) is 5.56 Å². The molecular weight excluding hydrogens is 302 g/mol. The van der Waals surface area contributed by atoms with E-state index in [1.807, 2.05) is 5.10 Å². The van der Waals surface area contributed by atoms with Gasteiger partial charge in [-0.05, 0) is 24.6 Å². The van der Waals surface area contributed by atoms with Crippen molar-refractivity contribution in [2.45, 2.75) is 13.1 Å². The highest BCUT2D eigenvalue weighted by Crippen LogP contribution is 2.37. The molecule has 0 bridgehead atoms. The van der Waals surface area contributed by atoms with Crippen molar-refractivity contribution in [3.63, 3.8) is 0 Å². The molecule has 0 atom stereocenters. The molecule has 0 aliphatic carbocycles. The molecule has 0 aliphatic heterocycles. The van der Waals surface area contributed by atoms with Gasteiger partial charge in [0.1, 0.15) is 11.5 Å². The first-order valence-corrected chi connectivity index (χ1v) is 6.23. The predicted molar refractivity (Wildman–Crippen MR) is 70.9 cm³/mol. The maximum atomic E-state index is 13.2. The van der Waals surface area contributed by atoms with E-state index in [1.165, 1.54) is 19.1 Å². The Kier molecular flexibility index (Phi) is 3.05. The number of nitrogens with zero attached hydrogens (tertiary/aromatic N) is 2. The third-order valence-electron chi connectivity index (χ3n) is 3.16. The molecule has 0 amide bonds. The van der Waals surface area contributed by atoms with E-state index in [-0.39, 0.29) is 16.8 Å². The van der Waals surface area contributed by atoms with Crippen LogP contribution >= 0.6 is 0 Å². The minimum Gasteiger partial charge on any atom is -0.284 e. The van der Waals surface area contributed by atoms with Crippen molar-refractivity contribution in [3.8, 4) is 11.1 Å². The standard InChI is InChI=1S/C14H9F4N3O/c1-7-6-10(22)21-13(19-7)11(12(20-21)14(16,17)18)8-2-4-9(15)5-3-8/h2-6,20H,1H3. The number of rotatable bonds is 1.